The summed E-state index contributed by atoms with van der Waals surface area (Å²) >= 11 is 0. The molecule has 0 fully saturated rings. The van der Waals surface area contributed by atoms with Gasteiger partial charge in [-0.15, -0.1) is 0 Å². The summed E-state index contributed by atoms with van der Waals surface area (Å²) in [5, 5.41) is 5.84. The molecule has 0 unspecified atom stereocenters. The summed E-state index contributed by atoms with van der Waals surface area (Å²) in [7, 11) is 0. The number of nitrogens with one attached hydrogen (secondary N) is 2. The van der Waals surface area contributed by atoms with Crippen LogP contribution in [-0.2, 0) is 0 Å². The maximum atomic E-state index is 11.5. The molecule has 0 saturated heterocycles. The number of rotatable bonds is 3. The summed E-state index contributed by atoms with van der Waals surface area (Å²) in [5.41, 5.74) is -0.744. The highest BCUT2D eigenvalue weighted by molar-refractivity contribution is 5.78. The summed E-state index contributed by atoms with van der Waals surface area (Å²) in [6.45, 7) is 5.75. The Labute approximate surface area is 104 Å². The van der Waals surface area contributed by atoms with E-state index < -0.39 is 10.9 Å². The first-order valence-electron chi connectivity index (χ1n) is 5.53. The molecule has 1 aromatic carbocycles. The Hall–Kier alpha value is -2.24. The predicted molar refractivity (Wildman–Crippen MR) is 70.0 cm³/mol. The highest BCUT2D eigenvalue weighted by Gasteiger charge is 2.24. The van der Waals surface area contributed by atoms with Crippen LogP contribution in [0.4, 0.5) is 17.2 Å². The van der Waals surface area contributed by atoms with Gasteiger partial charge in [0, 0.05) is 11.7 Å². The monoisotopic (exact) mass is 246 g/mol. The van der Waals surface area contributed by atoms with Crippen LogP contribution in [0.3, 0.4) is 0 Å². The predicted octanol–water partition coefficient (Wildman–Crippen LogP) is 1.03. The van der Waals surface area contributed by atoms with Crippen molar-refractivity contribution in [1.82, 2.24) is 9.97 Å². The molecule has 1 aromatic heterocycles. The molecule has 2 N–H and O–H groups in total. The Kier molecular flexibility index (Phi) is 2.86. The SMILES string of the molecule is CC(C)(C)Nc1c(Nc2ccncn2)c(=O)c1=O. The molecule has 2 rings (SSSR count). The fourth-order valence-corrected chi connectivity index (χ4v) is 1.50. The first kappa shape index (κ1) is 12.2. The summed E-state index contributed by atoms with van der Waals surface area (Å²) < 4.78 is 0. The van der Waals surface area contributed by atoms with Crippen molar-refractivity contribution in [3.63, 3.8) is 0 Å². The average Bonchev–Trinajstić information content (AvgIpc) is 2.33. The standard InChI is InChI=1S/C12H14N4O2/c1-12(2,3)16-9-8(10(17)11(9)18)15-7-4-5-13-6-14-7/h4-6,16H,1-3H3,(H,13,14,15). The van der Waals surface area contributed by atoms with Gasteiger partial charge < -0.3 is 10.6 Å². The maximum Gasteiger partial charge on any atom is 0.253 e. The van der Waals surface area contributed by atoms with Crippen molar-refractivity contribution in [3.8, 4) is 0 Å². The zero-order valence-electron chi connectivity index (χ0n) is 10.4. The third-order valence-corrected chi connectivity index (χ3v) is 2.25. The minimum atomic E-state index is -0.527. The molecule has 0 aliphatic rings. The smallest absolute Gasteiger partial charge is 0.253 e. The van der Waals surface area contributed by atoms with Gasteiger partial charge in [0.25, 0.3) is 10.9 Å². The summed E-state index contributed by atoms with van der Waals surface area (Å²) in [5.74, 6) is 0.481. The fraction of sp³-hybridized carbons (Fsp3) is 0.333. The first-order valence-corrected chi connectivity index (χ1v) is 5.53. The van der Waals surface area contributed by atoms with Crippen molar-refractivity contribution in [1.29, 1.82) is 0 Å². The number of nitrogens with zero attached hydrogens (tertiary/aromatic N) is 2. The van der Waals surface area contributed by atoms with Gasteiger partial charge in [-0.1, -0.05) is 0 Å². The van der Waals surface area contributed by atoms with Gasteiger partial charge in [-0.3, -0.25) is 9.59 Å². The Balaban J connectivity index is 2.27. The van der Waals surface area contributed by atoms with E-state index in [1.165, 1.54) is 6.33 Å². The van der Waals surface area contributed by atoms with E-state index >= 15 is 0 Å². The lowest BCUT2D eigenvalue weighted by atomic mass is 10.1. The molecule has 0 amide bonds. The van der Waals surface area contributed by atoms with Crippen molar-refractivity contribution in [2.45, 2.75) is 26.3 Å². The van der Waals surface area contributed by atoms with E-state index in [2.05, 4.69) is 20.6 Å². The second-order valence-electron chi connectivity index (χ2n) is 5.00. The summed E-state index contributed by atoms with van der Waals surface area (Å²) in [4.78, 5) is 30.7. The van der Waals surface area contributed by atoms with Crippen LogP contribution >= 0.6 is 0 Å². The minimum Gasteiger partial charge on any atom is -0.375 e. The fourth-order valence-electron chi connectivity index (χ4n) is 1.50. The van der Waals surface area contributed by atoms with Gasteiger partial charge in [-0.25, -0.2) is 9.97 Å². The van der Waals surface area contributed by atoms with E-state index in [1.54, 1.807) is 12.3 Å². The van der Waals surface area contributed by atoms with Gasteiger partial charge in [-0.2, -0.15) is 0 Å². The second kappa shape index (κ2) is 4.21. The second-order valence-corrected chi connectivity index (χ2v) is 5.00. The summed E-state index contributed by atoms with van der Waals surface area (Å²) in [6.07, 6.45) is 2.92. The largest absolute Gasteiger partial charge is 0.375 e. The van der Waals surface area contributed by atoms with E-state index in [0.29, 0.717) is 11.5 Å². The van der Waals surface area contributed by atoms with Crippen molar-refractivity contribution in [2.24, 2.45) is 0 Å². The molecular formula is C12H14N4O2. The number of anilines is 3. The van der Waals surface area contributed by atoms with Crippen LogP contribution in [0.25, 0.3) is 0 Å². The molecule has 0 spiro atoms. The molecule has 18 heavy (non-hydrogen) atoms. The van der Waals surface area contributed by atoms with Gasteiger partial charge in [0.15, 0.2) is 0 Å². The molecule has 1 heterocycles. The van der Waals surface area contributed by atoms with Crippen LogP contribution in [0.2, 0.25) is 0 Å². The Bertz CT molecular complexity index is 622. The van der Waals surface area contributed by atoms with Gasteiger partial charge in [0.1, 0.15) is 23.5 Å². The molecule has 0 radical (unpaired) electrons. The molecule has 2 aromatic rings. The summed E-state index contributed by atoms with van der Waals surface area (Å²) in [6, 6.07) is 1.62. The van der Waals surface area contributed by atoms with Gasteiger partial charge >= 0.3 is 0 Å². The topological polar surface area (TPSA) is 84.0 Å². The van der Waals surface area contributed by atoms with E-state index in [4.69, 9.17) is 0 Å². The lowest BCUT2D eigenvalue weighted by Crippen LogP contribution is -2.41. The molecule has 0 aliphatic heterocycles. The highest BCUT2D eigenvalue weighted by atomic mass is 16.2. The van der Waals surface area contributed by atoms with Crippen LogP contribution in [-0.4, -0.2) is 15.5 Å². The number of hydrogen-bond acceptors (Lipinski definition) is 6. The van der Waals surface area contributed by atoms with Gasteiger partial charge in [0.05, 0.1) is 0 Å². The molecule has 6 nitrogen and oxygen atoms in total. The maximum absolute atomic E-state index is 11.5. The minimum absolute atomic E-state index is 0.258. The third kappa shape index (κ3) is 2.37. The Morgan fingerprint density at radius 3 is 2.33 bits per heavy atom. The molecule has 0 aliphatic carbocycles. The van der Waals surface area contributed by atoms with Crippen LogP contribution in [0.1, 0.15) is 20.8 Å². The highest BCUT2D eigenvalue weighted by Crippen LogP contribution is 2.21. The zero-order valence-corrected chi connectivity index (χ0v) is 10.4. The lowest BCUT2D eigenvalue weighted by molar-refractivity contribution is 0.632. The van der Waals surface area contributed by atoms with Crippen LogP contribution < -0.4 is 21.5 Å². The lowest BCUT2D eigenvalue weighted by Gasteiger charge is -2.24. The van der Waals surface area contributed by atoms with Crippen molar-refractivity contribution >= 4 is 17.2 Å². The molecule has 94 valence electrons. The first-order chi connectivity index (χ1) is 8.38. The Morgan fingerprint density at radius 2 is 1.78 bits per heavy atom. The van der Waals surface area contributed by atoms with Gasteiger partial charge in [0.2, 0.25) is 0 Å². The molecule has 0 bridgehead atoms. The Morgan fingerprint density at radius 1 is 1.11 bits per heavy atom. The molecular weight excluding hydrogens is 232 g/mol. The van der Waals surface area contributed by atoms with E-state index in [9.17, 15) is 9.59 Å². The molecule has 0 saturated carbocycles. The van der Waals surface area contributed by atoms with Crippen molar-refractivity contribution in [2.75, 3.05) is 10.6 Å². The van der Waals surface area contributed by atoms with E-state index in [1.807, 2.05) is 20.8 Å². The zero-order chi connectivity index (χ0) is 13.3. The van der Waals surface area contributed by atoms with Crippen LogP contribution in [0.15, 0.2) is 28.2 Å². The molecule has 6 heteroatoms. The molecule has 0 atom stereocenters. The van der Waals surface area contributed by atoms with Crippen molar-refractivity contribution < 1.29 is 0 Å². The normalized spacial score (nSPS) is 11.5. The quantitative estimate of drug-likeness (QED) is 0.787. The van der Waals surface area contributed by atoms with Crippen molar-refractivity contribution in [3.05, 3.63) is 39.0 Å². The third-order valence-electron chi connectivity index (χ3n) is 2.25. The number of aromatic nitrogens is 2. The van der Waals surface area contributed by atoms with Crippen LogP contribution in [0.5, 0.6) is 0 Å². The van der Waals surface area contributed by atoms with E-state index in [-0.39, 0.29) is 11.2 Å². The number of hydrogen-bond donors (Lipinski definition) is 2. The van der Waals surface area contributed by atoms with Crippen LogP contribution in [0, 0.1) is 0 Å². The van der Waals surface area contributed by atoms with Gasteiger partial charge in [-0.05, 0) is 26.8 Å². The van der Waals surface area contributed by atoms with E-state index in [0.717, 1.165) is 0 Å². The average molecular weight is 246 g/mol.